The van der Waals surface area contributed by atoms with Crippen molar-refractivity contribution in [3.63, 3.8) is 0 Å². The van der Waals surface area contributed by atoms with Gasteiger partial charge < -0.3 is 33.2 Å². The summed E-state index contributed by atoms with van der Waals surface area (Å²) in [7, 11) is 0. The van der Waals surface area contributed by atoms with E-state index in [1.807, 2.05) is 72.8 Å². The standard InChI is InChI=1S/C82H134O9/c1-7-13-19-25-29-33-37-55-69-83-81(67-53-23-17-11-5,84-70-56-38-34-30-26-20-14-8-2)90-79(75-63-49-43-50-64-75)88-77(73-59-45-41-46-60-73)87-78(74-61-47-42-48-62-74)89-80(76-65-51-44-52-66-76)91-82(68-54-24-18-12-6,85-71-57-39-35-31-27-21-15-9-3)86-72-58-40-36-32-28-22-16-10-4/h41-52,59-66,77-80H,7-40,53-58,67-72H2,1-6H3. The van der Waals surface area contributed by atoms with Crippen molar-refractivity contribution in [1.29, 1.82) is 0 Å². The Kier molecular flexibility index (Phi) is 48.1. The smallest absolute Gasteiger partial charge is 0.285 e. The van der Waals surface area contributed by atoms with Crippen molar-refractivity contribution in [2.24, 2.45) is 0 Å². The van der Waals surface area contributed by atoms with Gasteiger partial charge in [0.25, 0.3) is 11.9 Å². The van der Waals surface area contributed by atoms with Gasteiger partial charge in [-0.05, 0) is 38.5 Å². The lowest BCUT2D eigenvalue weighted by molar-refractivity contribution is -0.451. The Morgan fingerprint density at radius 1 is 0.220 bits per heavy atom. The van der Waals surface area contributed by atoms with Crippen molar-refractivity contribution in [2.45, 2.75) is 348 Å². The summed E-state index contributed by atoms with van der Waals surface area (Å²) in [6.07, 6.45) is 44.1. The van der Waals surface area contributed by atoms with E-state index < -0.39 is 37.1 Å². The molecule has 0 heterocycles. The molecule has 0 radical (unpaired) electrons. The molecule has 0 saturated heterocycles. The van der Waals surface area contributed by atoms with Gasteiger partial charge >= 0.3 is 0 Å². The molecule has 0 spiro atoms. The molecule has 0 N–H and O–H groups in total. The SMILES string of the molecule is CCCCCCCCCCOC(CCCCCC)(OCCCCCCCCCC)OC(OC(OC(OC(OC(CCCCCC)(OCCCCCCCCCC)OCCCCCCCCCC)c1ccccc1)c1ccccc1)c1ccccc1)c1ccccc1. The molecular weight excluding hydrogens is 1130 g/mol. The van der Waals surface area contributed by atoms with Crippen LogP contribution < -0.4 is 0 Å². The van der Waals surface area contributed by atoms with Crippen LogP contribution in [0.1, 0.15) is 359 Å². The van der Waals surface area contributed by atoms with Crippen LogP contribution in [0.3, 0.4) is 0 Å². The lowest BCUT2D eigenvalue weighted by Crippen LogP contribution is -2.42. The van der Waals surface area contributed by atoms with Gasteiger partial charge in [0.05, 0.1) is 26.4 Å². The zero-order valence-corrected chi connectivity index (χ0v) is 59.1. The van der Waals surface area contributed by atoms with Crippen LogP contribution in [0.25, 0.3) is 0 Å². The predicted octanol–water partition coefficient (Wildman–Crippen LogP) is 25.7. The lowest BCUT2D eigenvalue weighted by atomic mass is 10.1. The summed E-state index contributed by atoms with van der Waals surface area (Å²) >= 11 is 0. The third kappa shape index (κ3) is 37.4. The molecule has 91 heavy (non-hydrogen) atoms. The van der Waals surface area contributed by atoms with Crippen LogP contribution in [-0.2, 0) is 42.6 Å². The Bertz CT molecular complexity index is 1970. The Hall–Kier alpha value is -3.48. The quantitative estimate of drug-likeness (QED) is 0.0317. The van der Waals surface area contributed by atoms with E-state index in [0.29, 0.717) is 39.3 Å². The molecule has 9 nitrogen and oxygen atoms in total. The first-order chi connectivity index (χ1) is 44.9. The molecule has 0 aromatic heterocycles. The molecule has 0 fully saturated rings. The summed E-state index contributed by atoms with van der Waals surface area (Å²) in [6.45, 7) is 15.7. The predicted molar refractivity (Wildman–Crippen MR) is 379 cm³/mol. The maximum atomic E-state index is 7.48. The molecule has 4 aromatic rings. The summed E-state index contributed by atoms with van der Waals surface area (Å²) in [5.41, 5.74) is 3.26. The molecule has 9 heteroatoms. The van der Waals surface area contributed by atoms with Crippen LogP contribution in [0.5, 0.6) is 0 Å². The summed E-state index contributed by atoms with van der Waals surface area (Å²) < 4.78 is 65.8. The van der Waals surface area contributed by atoms with Crippen LogP contribution in [0.4, 0.5) is 0 Å². The first-order valence-corrected chi connectivity index (χ1v) is 38.0. The number of hydrogen-bond donors (Lipinski definition) is 0. The average molecular weight is 1260 g/mol. The Morgan fingerprint density at radius 2 is 0.407 bits per heavy atom. The van der Waals surface area contributed by atoms with Gasteiger partial charge in [-0.1, -0.05) is 381 Å². The monoisotopic (exact) mass is 1260 g/mol. The van der Waals surface area contributed by atoms with Crippen LogP contribution in [-0.4, -0.2) is 38.4 Å². The first-order valence-electron chi connectivity index (χ1n) is 38.0. The maximum absolute atomic E-state index is 7.48. The van der Waals surface area contributed by atoms with Crippen molar-refractivity contribution in [3.05, 3.63) is 144 Å². The zero-order chi connectivity index (χ0) is 64.7. The third-order valence-electron chi connectivity index (χ3n) is 17.6. The highest BCUT2D eigenvalue weighted by Crippen LogP contribution is 2.42. The first kappa shape index (κ1) is 80.0. The molecule has 0 aliphatic heterocycles. The van der Waals surface area contributed by atoms with Crippen LogP contribution in [0, 0.1) is 0 Å². The summed E-state index contributed by atoms with van der Waals surface area (Å²) in [5.74, 6) is -2.74. The minimum Gasteiger partial charge on any atom is -0.327 e. The zero-order valence-electron chi connectivity index (χ0n) is 59.1. The lowest BCUT2D eigenvalue weighted by Gasteiger charge is -2.39. The average Bonchev–Trinajstić information content (AvgIpc) is 1.71. The van der Waals surface area contributed by atoms with Crippen LogP contribution >= 0.6 is 0 Å². The fourth-order valence-electron chi connectivity index (χ4n) is 11.8. The van der Waals surface area contributed by atoms with Crippen molar-refractivity contribution in [3.8, 4) is 0 Å². The van der Waals surface area contributed by atoms with Crippen molar-refractivity contribution >= 4 is 0 Å². The molecule has 4 atom stereocenters. The highest BCUT2D eigenvalue weighted by atomic mass is 16.9. The number of hydrogen-bond acceptors (Lipinski definition) is 9. The van der Waals surface area contributed by atoms with E-state index in [1.54, 1.807) is 0 Å². The van der Waals surface area contributed by atoms with E-state index >= 15 is 0 Å². The van der Waals surface area contributed by atoms with E-state index in [2.05, 4.69) is 90.1 Å². The molecule has 4 rings (SSSR count). The second-order valence-electron chi connectivity index (χ2n) is 25.9. The van der Waals surface area contributed by atoms with Gasteiger partial charge in [0, 0.05) is 35.1 Å². The molecule has 0 aliphatic rings. The maximum Gasteiger partial charge on any atom is 0.285 e. The van der Waals surface area contributed by atoms with Gasteiger partial charge in [0.15, 0.2) is 25.2 Å². The van der Waals surface area contributed by atoms with E-state index in [0.717, 1.165) is 125 Å². The van der Waals surface area contributed by atoms with Gasteiger partial charge in [-0.2, -0.15) is 0 Å². The number of rotatable bonds is 64. The van der Waals surface area contributed by atoms with Crippen molar-refractivity contribution in [2.75, 3.05) is 26.4 Å². The third-order valence-corrected chi connectivity index (χ3v) is 17.6. The van der Waals surface area contributed by atoms with Gasteiger partial charge in [0.2, 0.25) is 0 Å². The molecule has 516 valence electrons. The highest BCUT2D eigenvalue weighted by Gasteiger charge is 2.41. The molecule has 0 aliphatic carbocycles. The van der Waals surface area contributed by atoms with Crippen LogP contribution in [0.15, 0.2) is 121 Å². The fraction of sp³-hybridized carbons (Fsp3) is 0.707. The van der Waals surface area contributed by atoms with E-state index in [9.17, 15) is 0 Å². The number of benzene rings is 4. The molecule has 0 saturated carbocycles. The van der Waals surface area contributed by atoms with E-state index in [-0.39, 0.29) is 0 Å². The van der Waals surface area contributed by atoms with Crippen molar-refractivity contribution < 1.29 is 42.6 Å². The number of unbranched alkanes of at least 4 members (excludes halogenated alkanes) is 34. The minimum absolute atomic E-state index is 0.525. The highest BCUT2D eigenvalue weighted by molar-refractivity contribution is 5.21. The van der Waals surface area contributed by atoms with Gasteiger partial charge in [-0.3, -0.25) is 9.47 Å². The van der Waals surface area contributed by atoms with Gasteiger partial charge in [-0.25, -0.2) is 0 Å². The van der Waals surface area contributed by atoms with Gasteiger partial charge in [0.1, 0.15) is 0 Å². The summed E-state index contributed by atoms with van der Waals surface area (Å²) in [4.78, 5) is 0. The normalized spacial score (nSPS) is 13.4. The molecule has 0 amide bonds. The van der Waals surface area contributed by atoms with Gasteiger partial charge in [-0.15, -0.1) is 0 Å². The largest absolute Gasteiger partial charge is 0.327 e. The molecule has 4 unspecified atom stereocenters. The summed E-state index contributed by atoms with van der Waals surface area (Å²) in [6, 6.07) is 40.9. The molecule has 0 bridgehead atoms. The Labute approximate surface area is 558 Å². The second-order valence-corrected chi connectivity index (χ2v) is 25.9. The minimum atomic E-state index is -1.37. The molecular formula is C82H134O9. The number of ether oxygens (including phenoxy) is 9. The van der Waals surface area contributed by atoms with E-state index in [4.69, 9.17) is 42.6 Å². The Morgan fingerprint density at radius 3 is 0.637 bits per heavy atom. The summed E-state index contributed by atoms with van der Waals surface area (Å²) in [5, 5.41) is 0. The Balaban J connectivity index is 1.78. The van der Waals surface area contributed by atoms with Crippen LogP contribution in [0.2, 0.25) is 0 Å². The second kappa shape index (κ2) is 54.7. The van der Waals surface area contributed by atoms with Crippen molar-refractivity contribution in [1.82, 2.24) is 0 Å². The molecule has 4 aromatic carbocycles. The topological polar surface area (TPSA) is 83.1 Å². The fourth-order valence-corrected chi connectivity index (χ4v) is 11.8. The van der Waals surface area contributed by atoms with E-state index in [1.165, 1.54) is 154 Å².